The van der Waals surface area contributed by atoms with Gasteiger partial charge < -0.3 is 19.8 Å². The Morgan fingerprint density at radius 1 is 1.29 bits per heavy atom. The number of nitrogens with zero attached hydrogens (tertiary/aromatic N) is 1. The van der Waals surface area contributed by atoms with E-state index in [0.29, 0.717) is 24.9 Å². The predicted molar refractivity (Wildman–Crippen MR) is 89.1 cm³/mol. The van der Waals surface area contributed by atoms with Gasteiger partial charge in [0.2, 0.25) is 0 Å². The number of aliphatic hydroxyl groups is 1. The molecule has 1 aromatic rings. The molecule has 24 heavy (non-hydrogen) atoms. The Labute approximate surface area is 142 Å². The highest BCUT2D eigenvalue weighted by Gasteiger charge is 2.39. The summed E-state index contributed by atoms with van der Waals surface area (Å²) in [6.07, 6.45) is 0.621. The molecule has 1 aromatic carbocycles. The number of carbonyl (C=O) groups is 2. The first-order chi connectivity index (χ1) is 11.0. The SMILES string of the molecule is Cc1ccc(C(=O)O)cc1C1(O)CCCN(C(=O)OC(C)(C)C)C1. The molecule has 1 aliphatic rings. The lowest BCUT2D eigenvalue weighted by Gasteiger charge is -2.40. The number of rotatable bonds is 2. The molecule has 1 aliphatic heterocycles. The summed E-state index contributed by atoms with van der Waals surface area (Å²) in [7, 11) is 0. The van der Waals surface area contributed by atoms with E-state index in [-0.39, 0.29) is 12.1 Å². The monoisotopic (exact) mass is 335 g/mol. The van der Waals surface area contributed by atoms with E-state index in [1.54, 1.807) is 26.8 Å². The molecule has 1 amide bonds. The van der Waals surface area contributed by atoms with E-state index in [9.17, 15) is 19.8 Å². The fraction of sp³-hybridized carbons (Fsp3) is 0.556. The normalized spacial score (nSPS) is 21.5. The Kier molecular flexibility index (Phi) is 4.90. The van der Waals surface area contributed by atoms with E-state index in [0.717, 1.165) is 5.56 Å². The van der Waals surface area contributed by atoms with Gasteiger partial charge in [0, 0.05) is 6.54 Å². The van der Waals surface area contributed by atoms with Gasteiger partial charge in [-0.05, 0) is 63.8 Å². The number of piperidine rings is 1. The van der Waals surface area contributed by atoms with Crippen LogP contribution in [0.25, 0.3) is 0 Å². The van der Waals surface area contributed by atoms with Crippen LogP contribution in [0.2, 0.25) is 0 Å². The first kappa shape index (κ1) is 18.3. The topological polar surface area (TPSA) is 87.1 Å². The van der Waals surface area contributed by atoms with Crippen molar-refractivity contribution in [1.82, 2.24) is 4.90 Å². The number of aryl methyl sites for hydroxylation is 1. The molecule has 1 saturated heterocycles. The van der Waals surface area contributed by atoms with E-state index >= 15 is 0 Å². The third-order valence-electron chi connectivity index (χ3n) is 4.11. The van der Waals surface area contributed by atoms with Gasteiger partial charge in [-0.15, -0.1) is 0 Å². The summed E-state index contributed by atoms with van der Waals surface area (Å²) in [6.45, 7) is 7.80. The number of carboxylic acid groups (broad SMARTS) is 1. The van der Waals surface area contributed by atoms with Gasteiger partial charge in [0.15, 0.2) is 0 Å². The second-order valence-corrected chi connectivity index (χ2v) is 7.37. The molecular formula is C18H25NO5. The van der Waals surface area contributed by atoms with Crippen LogP contribution in [0.3, 0.4) is 0 Å². The lowest BCUT2D eigenvalue weighted by atomic mass is 9.82. The highest BCUT2D eigenvalue weighted by molar-refractivity contribution is 5.88. The number of hydrogen-bond donors (Lipinski definition) is 2. The van der Waals surface area contributed by atoms with Gasteiger partial charge in [-0.1, -0.05) is 6.07 Å². The van der Waals surface area contributed by atoms with Crippen molar-refractivity contribution in [3.63, 3.8) is 0 Å². The number of β-amino-alcohol motifs (C(OH)–C–C–N with tert-alkyl or cyclic N) is 1. The zero-order valence-corrected chi connectivity index (χ0v) is 14.6. The van der Waals surface area contributed by atoms with Crippen molar-refractivity contribution in [1.29, 1.82) is 0 Å². The van der Waals surface area contributed by atoms with Crippen LogP contribution in [0.1, 0.15) is 55.1 Å². The van der Waals surface area contributed by atoms with E-state index < -0.39 is 23.3 Å². The van der Waals surface area contributed by atoms with Gasteiger partial charge >= 0.3 is 12.1 Å². The smallest absolute Gasteiger partial charge is 0.410 e. The molecule has 0 aromatic heterocycles. The van der Waals surface area contributed by atoms with E-state index in [1.807, 2.05) is 6.92 Å². The largest absolute Gasteiger partial charge is 0.478 e. The highest BCUT2D eigenvalue weighted by atomic mass is 16.6. The predicted octanol–water partition coefficient (Wildman–Crippen LogP) is 2.91. The van der Waals surface area contributed by atoms with Gasteiger partial charge in [0.05, 0.1) is 12.1 Å². The van der Waals surface area contributed by atoms with Crippen LogP contribution in [0.4, 0.5) is 4.79 Å². The molecule has 132 valence electrons. The van der Waals surface area contributed by atoms with Crippen molar-refractivity contribution in [2.45, 2.75) is 51.7 Å². The first-order valence-electron chi connectivity index (χ1n) is 8.06. The summed E-state index contributed by atoms with van der Waals surface area (Å²) in [5.74, 6) is -1.04. The molecule has 1 unspecified atom stereocenters. The zero-order valence-electron chi connectivity index (χ0n) is 14.6. The summed E-state index contributed by atoms with van der Waals surface area (Å²) in [4.78, 5) is 25.0. The average Bonchev–Trinajstić information content (AvgIpc) is 2.45. The summed E-state index contributed by atoms with van der Waals surface area (Å²) in [5, 5.41) is 20.3. The Morgan fingerprint density at radius 3 is 2.54 bits per heavy atom. The molecule has 0 aliphatic carbocycles. The van der Waals surface area contributed by atoms with Crippen molar-refractivity contribution in [3.05, 3.63) is 34.9 Å². The van der Waals surface area contributed by atoms with Crippen LogP contribution in [-0.2, 0) is 10.3 Å². The molecule has 0 spiro atoms. The third-order valence-corrected chi connectivity index (χ3v) is 4.11. The van der Waals surface area contributed by atoms with Crippen LogP contribution in [0, 0.1) is 6.92 Å². The summed E-state index contributed by atoms with van der Waals surface area (Å²) >= 11 is 0. The minimum absolute atomic E-state index is 0.0891. The van der Waals surface area contributed by atoms with Gasteiger partial charge in [-0.2, -0.15) is 0 Å². The number of amides is 1. The first-order valence-corrected chi connectivity index (χ1v) is 8.06. The fourth-order valence-corrected chi connectivity index (χ4v) is 2.99. The van der Waals surface area contributed by atoms with Crippen LogP contribution in [0.15, 0.2) is 18.2 Å². The molecule has 6 heteroatoms. The van der Waals surface area contributed by atoms with Crippen LogP contribution in [-0.4, -0.2) is 45.9 Å². The van der Waals surface area contributed by atoms with Crippen molar-refractivity contribution < 1.29 is 24.5 Å². The lowest BCUT2D eigenvalue weighted by molar-refractivity contribution is -0.0469. The van der Waals surface area contributed by atoms with Gasteiger partial charge in [-0.3, -0.25) is 0 Å². The molecule has 1 heterocycles. The van der Waals surface area contributed by atoms with E-state index in [4.69, 9.17) is 4.74 Å². The van der Waals surface area contributed by atoms with Crippen molar-refractivity contribution >= 4 is 12.1 Å². The molecule has 0 saturated carbocycles. The number of carbonyl (C=O) groups excluding carboxylic acids is 1. The Morgan fingerprint density at radius 2 is 1.96 bits per heavy atom. The van der Waals surface area contributed by atoms with Crippen LogP contribution < -0.4 is 0 Å². The quantitative estimate of drug-likeness (QED) is 0.868. The molecule has 0 radical (unpaired) electrons. The van der Waals surface area contributed by atoms with Crippen LogP contribution in [0.5, 0.6) is 0 Å². The summed E-state index contributed by atoms with van der Waals surface area (Å²) in [6, 6.07) is 4.69. The molecule has 6 nitrogen and oxygen atoms in total. The third kappa shape index (κ3) is 4.06. The lowest BCUT2D eigenvalue weighted by Crippen LogP contribution is -2.50. The number of aromatic carboxylic acids is 1. The number of benzene rings is 1. The molecule has 2 N–H and O–H groups in total. The molecule has 1 fully saturated rings. The maximum atomic E-state index is 12.3. The second-order valence-electron chi connectivity index (χ2n) is 7.37. The molecule has 2 rings (SSSR count). The molecule has 1 atom stereocenters. The van der Waals surface area contributed by atoms with Crippen molar-refractivity contribution in [3.8, 4) is 0 Å². The summed E-state index contributed by atoms with van der Waals surface area (Å²) in [5.41, 5.74) is -0.404. The van der Waals surface area contributed by atoms with E-state index in [1.165, 1.54) is 17.0 Å². The van der Waals surface area contributed by atoms with Gasteiger partial charge in [0.1, 0.15) is 11.2 Å². The summed E-state index contributed by atoms with van der Waals surface area (Å²) < 4.78 is 5.38. The second kappa shape index (κ2) is 6.43. The zero-order chi connectivity index (χ0) is 18.1. The Bertz CT molecular complexity index is 649. The number of ether oxygens (including phenoxy) is 1. The maximum Gasteiger partial charge on any atom is 0.410 e. The van der Waals surface area contributed by atoms with Crippen molar-refractivity contribution in [2.24, 2.45) is 0 Å². The maximum absolute atomic E-state index is 12.3. The minimum atomic E-state index is -1.27. The Balaban J connectivity index is 2.28. The minimum Gasteiger partial charge on any atom is -0.478 e. The van der Waals surface area contributed by atoms with E-state index in [2.05, 4.69) is 0 Å². The molecule has 0 bridgehead atoms. The number of carboxylic acids is 1. The number of hydrogen-bond acceptors (Lipinski definition) is 4. The Hall–Kier alpha value is -2.08. The fourth-order valence-electron chi connectivity index (χ4n) is 2.99. The highest BCUT2D eigenvalue weighted by Crippen LogP contribution is 2.34. The standard InChI is InChI=1S/C18H25NO5/c1-12-6-7-13(15(20)21)10-14(12)18(23)8-5-9-19(11-18)16(22)24-17(2,3)4/h6-7,10,23H,5,8-9,11H2,1-4H3,(H,20,21). The van der Waals surface area contributed by atoms with Gasteiger partial charge in [-0.25, -0.2) is 9.59 Å². The number of likely N-dealkylation sites (tertiary alicyclic amines) is 1. The molecular weight excluding hydrogens is 310 g/mol. The average molecular weight is 335 g/mol. The van der Waals surface area contributed by atoms with Gasteiger partial charge in [0.25, 0.3) is 0 Å². The van der Waals surface area contributed by atoms with Crippen molar-refractivity contribution in [2.75, 3.05) is 13.1 Å². The van der Waals surface area contributed by atoms with Crippen LogP contribution >= 0.6 is 0 Å².